The lowest BCUT2D eigenvalue weighted by Crippen LogP contribution is -2.07. The highest BCUT2D eigenvalue weighted by molar-refractivity contribution is 6.33. The van der Waals surface area contributed by atoms with Crippen molar-refractivity contribution in [2.45, 2.75) is 6.92 Å². The summed E-state index contributed by atoms with van der Waals surface area (Å²) in [6.45, 7) is 5.58. The molecule has 0 aromatic heterocycles. The van der Waals surface area contributed by atoms with Gasteiger partial charge in [0, 0.05) is 5.70 Å². The molecule has 0 atom stereocenters. The molecule has 0 spiro atoms. The summed E-state index contributed by atoms with van der Waals surface area (Å²) in [5.41, 5.74) is 8.84. The van der Waals surface area contributed by atoms with Gasteiger partial charge >= 0.3 is 0 Å². The Balaban J connectivity index is 3.15. The van der Waals surface area contributed by atoms with E-state index in [2.05, 4.69) is 6.58 Å². The van der Waals surface area contributed by atoms with Gasteiger partial charge in [-0.05, 0) is 12.5 Å². The maximum absolute atomic E-state index is 5.62. The molecule has 0 unspecified atom stereocenters. The second-order valence-electron chi connectivity index (χ2n) is 2.60. The molecule has 0 amide bonds. The largest absolute Gasteiger partial charge is 0.399 e. The van der Waals surface area contributed by atoms with Crippen molar-refractivity contribution in [3.63, 3.8) is 0 Å². The molecular weight excluding hydrogens is 133 g/mol. The van der Waals surface area contributed by atoms with E-state index in [1.807, 2.05) is 25.1 Å². The van der Waals surface area contributed by atoms with Crippen molar-refractivity contribution in [1.29, 1.82) is 0 Å². The standard InChI is InChI=1S/C9H10BN/c1-6-5-8(7(2)11)3-4-9(6)10/h3-5H,2,11H2,1H3. The van der Waals surface area contributed by atoms with Crippen LogP contribution in [0.5, 0.6) is 0 Å². The maximum Gasteiger partial charge on any atom is 0.114 e. The molecule has 1 aromatic rings. The van der Waals surface area contributed by atoms with Crippen molar-refractivity contribution >= 4 is 19.0 Å². The third kappa shape index (κ3) is 1.64. The van der Waals surface area contributed by atoms with E-state index in [1.54, 1.807) is 0 Å². The molecule has 0 fully saturated rings. The van der Waals surface area contributed by atoms with Crippen LogP contribution in [0.25, 0.3) is 5.70 Å². The molecule has 0 aliphatic carbocycles. The zero-order valence-corrected chi connectivity index (χ0v) is 6.59. The molecule has 0 saturated heterocycles. The van der Waals surface area contributed by atoms with Gasteiger partial charge in [-0.2, -0.15) is 0 Å². The van der Waals surface area contributed by atoms with E-state index in [0.29, 0.717) is 5.70 Å². The van der Waals surface area contributed by atoms with E-state index in [-0.39, 0.29) is 0 Å². The van der Waals surface area contributed by atoms with Crippen LogP contribution in [0.4, 0.5) is 0 Å². The van der Waals surface area contributed by atoms with Crippen LogP contribution < -0.4 is 11.2 Å². The molecule has 1 rings (SSSR count). The second kappa shape index (κ2) is 2.83. The molecule has 2 heteroatoms. The summed E-state index contributed by atoms with van der Waals surface area (Å²) in [5, 5.41) is 0. The number of nitrogens with two attached hydrogens (primary N) is 1. The fourth-order valence-electron chi connectivity index (χ4n) is 0.875. The molecule has 0 aliphatic rings. The summed E-state index contributed by atoms with van der Waals surface area (Å²) in [5.74, 6) is 0. The van der Waals surface area contributed by atoms with Gasteiger partial charge in [0.1, 0.15) is 7.85 Å². The molecule has 54 valence electrons. The van der Waals surface area contributed by atoms with Crippen LogP contribution in [0.1, 0.15) is 11.1 Å². The van der Waals surface area contributed by atoms with E-state index >= 15 is 0 Å². The quantitative estimate of drug-likeness (QED) is 0.576. The highest BCUT2D eigenvalue weighted by Crippen LogP contribution is 2.06. The zero-order valence-electron chi connectivity index (χ0n) is 6.59. The van der Waals surface area contributed by atoms with Crippen molar-refractivity contribution in [2.75, 3.05) is 0 Å². The average molecular weight is 143 g/mol. The molecule has 2 N–H and O–H groups in total. The van der Waals surface area contributed by atoms with Crippen LogP contribution in [0, 0.1) is 6.92 Å². The Morgan fingerprint density at radius 1 is 1.55 bits per heavy atom. The van der Waals surface area contributed by atoms with E-state index < -0.39 is 0 Å². The lowest BCUT2D eigenvalue weighted by Gasteiger charge is -2.03. The smallest absolute Gasteiger partial charge is 0.114 e. The molecule has 11 heavy (non-hydrogen) atoms. The number of benzene rings is 1. The zero-order chi connectivity index (χ0) is 8.43. The third-order valence-corrected chi connectivity index (χ3v) is 1.64. The third-order valence-electron chi connectivity index (χ3n) is 1.64. The summed E-state index contributed by atoms with van der Waals surface area (Å²) in [4.78, 5) is 0. The fraction of sp³-hybridized carbons (Fsp3) is 0.111. The minimum Gasteiger partial charge on any atom is -0.399 e. The van der Waals surface area contributed by atoms with Crippen molar-refractivity contribution in [2.24, 2.45) is 5.73 Å². The van der Waals surface area contributed by atoms with Crippen LogP contribution in [-0.2, 0) is 0 Å². The predicted molar refractivity (Wildman–Crippen MR) is 49.8 cm³/mol. The van der Waals surface area contributed by atoms with Gasteiger partial charge in [-0.15, -0.1) is 0 Å². The summed E-state index contributed by atoms with van der Waals surface area (Å²) < 4.78 is 0. The van der Waals surface area contributed by atoms with Gasteiger partial charge < -0.3 is 5.73 Å². The van der Waals surface area contributed by atoms with Crippen molar-refractivity contribution in [1.82, 2.24) is 0 Å². The first-order valence-electron chi connectivity index (χ1n) is 3.42. The Bertz CT molecular complexity index is 292. The molecule has 0 saturated carbocycles. The first-order chi connectivity index (χ1) is 5.11. The monoisotopic (exact) mass is 143 g/mol. The number of hydrogen-bond donors (Lipinski definition) is 1. The van der Waals surface area contributed by atoms with Crippen LogP contribution >= 0.6 is 0 Å². The molecule has 1 aromatic carbocycles. The fourth-order valence-corrected chi connectivity index (χ4v) is 0.875. The van der Waals surface area contributed by atoms with Gasteiger partial charge in [-0.25, -0.2) is 0 Å². The summed E-state index contributed by atoms with van der Waals surface area (Å²) in [6, 6.07) is 5.63. The Labute approximate surface area is 68.3 Å². The van der Waals surface area contributed by atoms with Gasteiger partial charge in [0.2, 0.25) is 0 Å². The Morgan fingerprint density at radius 2 is 2.18 bits per heavy atom. The van der Waals surface area contributed by atoms with Crippen molar-refractivity contribution in [3.8, 4) is 0 Å². The SMILES string of the molecule is [B]c1ccc(C(=C)N)cc1C. The maximum atomic E-state index is 5.62. The van der Waals surface area contributed by atoms with Crippen molar-refractivity contribution < 1.29 is 0 Å². The van der Waals surface area contributed by atoms with Crippen LogP contribution in [0.15, 0.2) is 24.8 Å². The summed E-state index contributed by atoms with van der Waals surface area (Å²) in [6.07, 6.45) is 0. The second-order valence-corrected chi connectivity index (χ2v) is 2.60. The average Bonchev–Trinajstić information content (AvgIpc) is 1.94. The first-order valence-corrected chi connectivity index (χ1v) is 3.42. The predicted octanol–water partition coefficient (Wildman–Crippen LogP) is 0.718. The Kier molecular flexibility index (Phi) is 2.04. The normalized spacial score (nSPS) is 9.55. The summed E-state index contributed by atoms with van der Waals surface area (Å²) in [7, 11) is 5.62. The molecular formula is C9H10BN. The Morgan fingerprint density at radius 3 is 2.64 bits per heavy atom. The van der Waals surface area contributed by atoms with Crippen LogP contribution in [0.2, 0.25) is 0 Å². The minimum atomic E-state index is 0.577. The molecule has 0 bridgehead atoms. The highest BCUT2D eigenvalue weighted by Gasteiger charge is 1.95. The Hall–Kier alpha value is -1.18. The molecule has 0 aliphatic heterocycles. The van der Waals surface area contributed by atoms with Crippen LogP contribution in [-0.4, -0.2) is 7.85 Å². The highest BCUT2D eigenvalue weighted by atomic mass is 14.6. The lowest BCUT2D eigenvalue weighted by atomic mass is 9.90. The number of rotatable bonds is 1. The van der Waals surface area contributed by atoms with E-state index in [0.717, 1.165) is 16.6 Å². The van der Waals surface area contributed by atoms with Gasteiger partial charge in [0.15, 0.2) is 0 Å². The minimum absolute atomic E-state index is 0.577. The van der Waals surface area contributed by atoms with Gasteiger partial charge in [-0.1, -0.05) is 35.8 Å². The van der Waals surface area contributed by atoms with Gasteiger partial charge in [0.05, 0.1) is 0 Å². The molecule has 2 radical (unpaired) electrons. The van der Waals surface area contributed by atoms with E-state index in [9.17, 15) is 0 Å². The first kappa shape index (κ1) is 7.93. The molecule has 0 heterocycles. The summed E-state index contributed by atoms with van der Waals surface area (Å²) >= 11 is 0. The number of aryl methyl sites for hydroxylation is 1. The topological polar surface area (TPSA) is 26.0 Å². The lowest BCUT2D eigenvalue weighted by molar-refractivity contribution is 1.46. The van der Waals surface area contributed by atoms with Gasteiger partial charge in [-0.3, -0.25) is 0 Å². The van der Waals surface area contributed by atoms with Crippen molar-refractivity contribution in [3.05, 3.63) is 35.9 Å². The number of hydrogen-bond acceptors (Lipinski definition) is 1. The van der Waals surface area contributed by atoms with E-state index in [1.165, 1.54) is 0 Å². The van der Waals surface area contributed by atoms with Gasteiger partial charge in [0.25, 0.3) is 0 Å². The van der Waals surface area contributed by atoms with E-state index in [4.69, 9.17) is 13.6 Å². The molecule has 1 nitrogen and oxygen atoms in total. The van der Waals surface area contributed by atoms with Crippen LogP contribution in [0.3, 0.4) is 0 Å².